The molecule has 0 saturated carbocycles. The molecular formula is C12H19NO3. The molecule has 4 heteroatoms. The van der Waals surface area contributed by atoms with E-state index in [0.717, 1.165) is 5.75 Å². The number of hydrogen-bond donors (Lipinski definition) is 3. The van der Waals surface area contributed by atoms with Gasteiger partial charge in [-0.1, -0.05) is 25.1 Å². The smallest absolute Gasteiger partial charge is 0.140 e. The standard InChI is InChI=1S/C12H19NO3/c1-2-12(8-14,9-15)13-10-16-11-6-4-3-5-7-11/h3-7,13-15H,2,8-10H2,1H3. The number of rotatable bonds is 7. The van der Waals surface area contributed by atoms with E-state index in [1.807, 2.05) is 37.3 Å². The van der Waals surface area contributed by atoms with Gasteiger partial charge in [-0.15, -0.1) is 0 Å². The number of aliphatic hydroxyl groups excluding tert-OH is 2. The van der Waals surface area contributed by atoms with E-state index in [-0.39, 0.29) is 19.9 Å². The van der Waals surface area contributed by atoms with E-state index in [1.54, 1.807) is 0 Å². The van der Waals surface area contributed by atoms with Crippen molar-refractivity contribution in [3.63, 3.8) is 0 Å². The molecule has 0 spiro atoms. The third-order valence-corrected chi connectivity index (χ3v) is 2.71. The van der Waals surface area contributed by atoms with Crippen molar-refractivity contribution in [2.24, 2.45) is 0 Å². The molecule has 0 aliphatic carbocycles. The predicted octanol–water partition coefficient (Wildman–Crippen LogP) is 0.746. The highest BCUT2D eigenvalue weighted by molar-refractivity contribution is 5.20. The van der Waals surface area contributed by atoms with Gasteiger partial charge in [-0.3, -0.25) is 5.32 Å². The van der Waals surface area contributed by atoms with E-state index < -0.39 is 5.54 Å². The summed E-state index contributed by atoms with van der Waals surface area (Å²) in [5.74, 6) is 0.760. The van der Waals surface area contributed by atoms with Crippen molar-refractivity contribution in [1.82, 2.24) is 5.32 Å². The van der Waals surface area contributed by atoms with Gasteiger partial charge in [0.2, 0.25) is 0 Å². The molecule has 4 nitrogen and oxygen atoms in total. The lowest BCUT2D eigenvalue weighted by atomic mass is 9.99. The minimum Gasteiger partial charge on any atom is -0.478 e. The molecule has 0 unspecified atom stereocenters. The summed E-state index contributed by atoms with van der Waals surface area (Å²) in [6, 6.07) is 9.40. The maximum Gasteiger partial charge on any atom is 0.140 e. The maximum atomic E-state index is 9.20. The Hall–Kier alpha value is -1.10. The van der Waals surface area contributed by atoms with Gasteiger partial charge < -0.3 is 14.9 Å². The first-order valence-electron chi connectivity index (χ1n) is 5.41. The summed E-state index contributed by atoms with van der Waals surface area (Å²) in [6.45, 7) is 1.94. The highest BCUT2D eigenvalue weighted by Crippen LogP contribution is 2.10. The lowest BCUT2D eigenvalue weighted by molar-refractivity contribution is 0.0681. The molecule has 0 fully saturated rings. The van der Waals surface area contributed by atoms with Gasteiger partial charge in [-0.05, 0) is 18.6 Å². The lowest BCUT2D eigenvalue weighted by Crippen LogP contribution is -2.52. The molecule has 0 aliphatic heterocycles. The van der Waals surface area contributed by atoms with Crippen molar-refractivity contribution in [3.8, 4) is 5.75 Å². The Morgan fingerprint density at radius 1 is 1.19 bits per heavy atom. The fraction of sp³-hybridized carbons (Fsp3) is 0.500. The number of para-hydroxylation sites is 1. The van der Waals surface area contributed by atoms with Crippen molar-refractivity contribution in [2.75, 3.05) is 19.9 Å². The highest BCUT2D eigenvalue weighted by Gasteiger charge is 2.25. The van der Waals surface area contributed by atoms with Crippen LogP contribution in [0.25, 0.3) is 0 Å². The largest absolute Gasteiger partial charge is 0.478 e. The molecule has 16 heavy (non-hydrogen) atoms. The van der Waals surface area contributed by atoms with Gasteiger partial charge in [0.25, 0.3) is 0 Å². The normalized spacial score (nSPS) is 11.4. The predicted molar refractivity (Wildman–Crippen MR) is 62.3 cm³/mol. The lowest BCUT2D eigenvalue weighted by Gasteiger charge is -2.29. The minimum atomic E-state index is -0.658. The summed E-state index contributed by atoms with van der Waals surface area (Å²) in [4.78, 5) is 0. The average Bonchev–Trinajstić information content (AvgIpc) is 2.37. The molecule has 0 bridgehead atoms. The van der Waals surface area contributed by atoms with E-state index in [1.165, 1.54) is 0 Å². The number of ether oxygens (including phenoxy) is 1. The molecule has 1 rings (SSSR count). The number of hydrogen-bond acceptors (Lipinski definition) is 4. The van der Waals surface area contributed by atoms with Crippen LogP contribution < -0.4 is 10.1 Å². The summed E-state index contributed by atoms with van der Waals surface area (Å²) >= 11 is 0. The fourth-order valence-corrected chi connectivity index (χ4v) is 1.30. The molecule has 0 heterocycles. The van der Waals surface area contributed by atoms with Gasteiger partial charge in [0.05, 0.1) is 18.8 Å². The van der Waals surface area contributed by atoms with Crippen molar-refractivity contribution in [3.05, 3.63) is 30.3 Å². The first-order chi connectivity index (χ1) is 7.76. The molecule has 0 radical (unpaired) electrons. The second-order valence-electron chi connectivity index (χ2n) is 3.73. The van der Waals surface area contributed by atoms with Crippen LogP contribution in [-0.4, -0.2) is 35.7 Å². The molecule has 90 valence electrons. The van der Waals surface area contributed by atoms with E-state index in [2.05, 4.69) is 5.32 Å². The van der Waals surface area contributed by atoms with Gasteiger partial charge in [0, 0.05) is 0 Å². The molecule has 0 atom stereocenters. The van der Waals surface area contributed by atoms with Crippen molar-refractivity contribution >= 4 is 0 Å². The zero-order valence-corrected chi connectivity index (χ0v) is 9.52. The minimum absolute atomic E-state index is 0.113. The van der Waals surface area contributed by atoms with Gasteiger partial charge in [0.1, 0.15) is 12.5 Å². The third kappa shape index (κ3) is 3.48. The Morgan fingerprint density at radius 3 is 2.31 bits per heavy atom. The Morgan fingerprint density at radius 2 is 1.81 bits per heavy atom. The van der Waals surface area contributed by atoms with Crippen LogP contribution in [0.5, 0.6) is 5.75 Å². The van der Waals surface area contributed by atoms with Crippen LogP contribution >= 0.6 is 0 Å². The SMILES string of the molecule is CCC(CO)(CO)NCOc1ccccc1. The first-order valence-corrected chi connectivity index (χ1v) is 5.41. The fourth-order valence-electron chi connectivity index (χ4n) is 1.30. The van der Waals surface area contributed by atoms with Crippen LogP contribution in [0.3, 0.4) is 0 Å². The Balaban J connectivity index is 2.39. The van der Waals surface area contributed by atoms with Crippen LogP contribution in [0.15, 0.2) is 30.3 Å². The van der Waals surface area contributed by atoms with E-state index in [9.17, 15) is 10.2 Å². The number of benzene rings is 1. The second-order valence-corrected chi connectivity index (χ2v) is 3.73. The van der Waals surface area contributed by atoms with Crippen LogP contribution in [-0.2, 0) is 0 Å². The van der Waals surface area contributed by atoms with Crippen molar-refractivity contribution < 1.29 is 14.9 Å². The second kappa shape index (κ2) is 6.48. The average molecular weight is 225 g/mol. The molecular weight excluding hydrogens is 206 g/mol. The Kier molecular flexibility index (Phi) is 5.25. The Labute approximate surface area is 95.9 Å². The molecule has 1 aromatic rings. The zero-order chi connectivity index (χ0) is 11.9. The monoisotopic (exact) mass is 225 g/mol. The quantitative estimate of drug-likeness (QED) is 0.599. The van der Waals surface area contributed by atoms with Crippen LogP contribution in [0.2, 0.25) is 0 Å². The molecule has 0 amide bonds. The third-order valence-electron chi connectivity index (χ3n) is 2.71. The van der Waals surface area contributed by atoms with Gasteiger partial charge in [-0.2, -0.15) is 0 Å². The molecule has 3 N–H and O–H groups in total. The van der Waals surface area contributed by atoms with E-state index in [0.29, 0.717) is 6.42 Å². The topological polar surface area (TPSA) is 61.7 Å². The molecule has 0 aromatic heterocycles. The van der Waals surface area contributed by atoms with Gasteiger partial charge >= 0.3 is 0 Å². The number of nitrogens with one attached hydrogen (secondary N) is 1. The number of aliphatic hydroxyl groups is 2. The first kappa shape index (κ1) is 13.0. The van der Waals surface area contributed by atoms with Crippen LogP contribution in [0.4, 0.5) is 0 Å². The van der Waals surface area contributed by atoms with Crippen LogP contribution in [0.1, 0.15) is 13.3 Å². The van der Waals surface area contributed by atoms with E-state index in [4.69, 9.17) is 4.74 Å². The molecule has 1 aromatic carbocycles. The summed E-state index contributed by atoms with van der Waals surface area (Å²) in [6.07, 6.45) is 0.637. The summed E-state index contributed by atoms with van der Waals surface area (Å²) in [7, 11) is 0. The summed E-state index contributed by atoms with van der Waals surface area (Å²) < 4.78 is 5.43. The summed E-state index contributed by atoms with van der Waals surface area (Å²) in [5.41, 5.74) is -0.658. The molecule has 0 saturated heterocycles. The van der Waals surface area contributed by atoms with Crippen LogP contribution in [0, 0.1) is 0 Å². The highest BCUT2D eigenvalue weighted by atomic mass is 16.5. The van der Waals surface area contributed by atoms with E-state index >= 15 is 0 Å². The summed E-state index contributed by atoms with van der Waals surface area (Å²) in [5, 5.41) is 21.4. The maximum absolute atomic E-state index is 9.20. The van der Waals surface area contributed by atoms with Crippen molar-refractivity contribution in [2.45, 2.75) is 18.9 Å². The zero-order valence-electron chi connectivity index (χ0n) is 9.52. The van der Waals surface area contributed by atoms with Crippen molar-refractivity contribution in [1.29, 1.82) is 0 Å². The van der Waals surface area contributed by atoms with Gasteiger partial charge in [0.15, 0.2) is 0 Å². The van der Waals surface area contributed by atoms with Gasteiger partial charge in [-0.25, -0.2) is 0 Å². The Bertz CT molecular complexity index is 277. The molecule has 0 aliphatic rings.